The topological polar surface area (TPSA) is 60.3 Å². The van der Waals surface area contributed by atoms with E-state index in [1.807, 2.05) is 0 Å². The molecule has 0 unspecified atom stereocenters. The summed E-state index contributed by atoms with van der Waals surface area (Å²) >= 11 is 0. The lowest BCUT2D eigenvalue weighted by Crippen LogP contribution is -2.36. The molecule has 0 bridgehead atoms. The van der Waals surface area contributed by atoms with Crippen LogP contribution in [0.1, 0.15) is 5.56 Å². The molecule has 2 aliphatic heterocycles. The number of guanidine groups is 1. The highest BCUT2D eigenvalue weighted by Crippen LogP contribution is 2.34. The fourth-order valence-corrected chi connectivity index (χ4v) is 2.43. The Morgan fingerprint density at radius 2 is 2.08 bits per heavy atom. The molecule has 134 valence electrons. The Kier molecular flexibility index (Phi) is 4.95. The molecule has 9 heteroatoms. The van der Waals surface area contributed by atoms with Crippen molar-refractivity contribution in [3.05, 3.63) is 53.8 Å². The third kappa shape index (κ3) is 4.12. The monoisotopic (exact) mass is 354 g/mol. The number of aliphatic imine (C=N–C) groups is 1. The van der Waals surface area contributed by atoms with Crippen LogP contribution >= 0.6 is 0 Å². The van der Waals surface area contributed by atoms with Crippen molar-refractivity contribution in [2.75, 3.05) is 31.6 Å². The third-order valence-electron chi connectivity index (χ3n) is 3.68. The molecule has 0 fully saturated rings. The fourth-order valence-electron chi connectivity index (χ4n) is 2.43. The van der Waals surface area contributed by atoms with E-state index in [2.05, 4.69) is 10.3 Å². The largest absolute Gasteiger partial charge is 0.418 e. The second-order valence-corrected chi connectivity index (χ2v) is 5.42. The predicted molar refractivity (Wildman–Crippen MR) is 85.7 cm³/mol. The van der Waals surface area contributed by atoms with E-state index >= 15 is 0 Å². The number of allylic oxidation sites excluding steroid dienone is 2. The van der Waals surface area contributed by atoms with Gasteiger partial charge in [0, 0.05) is 0 Å². The van der Waals surface area contributed by atoms with Crippen molar-refractivity contribution in [2.24, 2.45) is 4.99 Å². The van der Waals surface area contributed by atoms with Crippen molar-refractivity contribution < 1.29 is 23.2 Å². The molecule has 25 heavy (non-hydrogen) atoms. The average Bonchev–Trinajstić information content (AvgIpc) is 3.01. The Morgan fingerprint density at radius 1 is 1.28 bits per heavy atom. The van der Waals surface area contributed by atoms with Crippen LogP contribution in [0.2, 0.25) is 0 Å². The highest BCUT2D eigenvalue weighted by molar-refractivity contribution is 5.94. The first-order valence-corrected chi connectivity index (χ1v) is 7.65. The number of halogens is 3. The lowest BCUT2D eigenvalue weighted by molar-refractivity contribution is -0.137. The van der Waals surface area contributed by atoms with Crippen molar-refractivity contribution in [3.63, 3.8) is 0 Å². The summed E-state index contributed by atoms with van der Waals surface area (Å²) < 4.78 is 39.2. The van der Waals surface area contributed by atoms with Crippen molar-refractivity contribution in [1.82, 2.24) is 10.1 Å². The van der Waals surface area contributed by atoms with Crippen LogP contribution in [0.25, 0.3) is 0 Å². The first kappa shape index (κ1) is 17.3. The van der Waals surface area contributed by atoms with Crippen molar-refractivity contribution in [1.29, 1.82) is 0 Å². The first-order valence-electron chi connectivity index (χ1n) is 7.65. The number of hydroxylamine groups is 4. The maximum atomic E-state index is 13.1. The summed E-state index contributed by atoms with van der Waals surface area (Å²) in [5, 5.41) is 14.8. The van der Waals surface area contributed by atoms with Crippen molar-refractivity contribution >= 4 is 11.6 Å². The van der Waals surface area contributed by atoms with Crippen LogP contribution in [0, 0.1) is 0 Å². The van der Waals surface area contributed by atoms with E-state index in [9.17, 15) is 18.4 Å². The molecule has 3 rings (SSSR count). The van der Waals surface area contributed by atoms with Gasteiger partial charge in [0.25, 0.3) is 0 Å². The van der Waals surface area contributed by atoms with E-state index < -0.39 is 11.7 Å². The normalized spacial score (nSPS) is 17.6. The molecule has 0 aromatic heterocycles. The van der Waals surface area contributed by atoms with Crippen LogP contribution in [0.5, 0.6) is 0 Å². The zero-order valence-corrected chi connectivity index (χ0v) is 13.2. The summed E-state index contributed by atoms with van der Waals surface area (Å²) in [7, 11) is 0. The molecule has 0 amide bonds. The van der Waals surface area contributed by atoms with E-state index in [0.29, 0.717) is 25.3 Å². The smallest absolute Gasteiger partial charge is 0.324 e. The van der Waals surface area contributed by atoms with Gasteiger partial charge in [0.1, 0.15) is 6.61 Å². The van der Waals surface area contributed by atoms with Gasteiger partial charge in [-0.1, -0.05) is 24.3 Å². The number of anilines is 1. The second-order valence-electron chi connectivity index (χ2n) is 5.42. The molecule has 0 radical (unpaired) electrons. The number of para-hydroxylation sites is 1. The van der Waals surface area contributed by atoms with E-state index in [1.165, 1.54) is 23.3 Å². The molecular formula is C16H17F3N4O2. The van der Waals surface area contributed by atoms with Gasteiger partial charge in [0.05, 0.1) is 36.6 Å². The van der Waals surface area contributed by atoms with Gasteiger partial charge >= 0.3 is 6.18 Å². The quantitative estimate of drug-likeness (QED) is 0.871. The number of alkyl halides is 3. The molecule has 1 aromatic carbocycles. The number of nitrogens with zero attached hydrogens (tertiary/aromatic N) is 3. The van der Waals surface area contributed by atoms with Crippen LogP contribution < -0.4 is 5.32 Å². The van der Waals surface area contributed by atoms with Crippen LogP contribution in [-0.2, 0) is 11.0 Å². The lowest BCUT2D eigenvalue weighted by atomic mass is 10.1. The maximum absolute atomic E-state index is 13.1. The van der Waals surface area contributed by atoms with Gasteiger partial charge < -0.3 is 5.32 Å². The number of hydrogen-bond donors (Lipinski definition) is 2. The predicted octanol–water partition coefficient (Wildman–Crippen LogP) is 2.87. The van der Waals surface area contributed by atoms with Gasteiger partial charge in [0.2, 0.25) is 5.96 Å². The summed E-state index contributed by atoms with van der Waals surface area (Å²) in [5.41, 5.74) is -0.316. The van der Waals surface area contributed by atoms with E-state index in [0.717, 1.165) is 11.1 Å². The highest BCUT2D eigenvalue weighted by Gasteiger charge is 2.34. The average molecular weight is 354 g/mol. The molecule has 2 aliphatic rings. The Morgan fingerprint density at radius 3 is 2.84 bits per heavy atom. The van der Waals surface area contributed by atoms with Gasteiger partial charge in [-0.05, 0) is 18.2 Å². The standard InChI is InChI=1S/C16H17F3N4O2/c17-16(18,19)13-6-1-2-7-14(13)21-15-20-8-10-23(15)25-11-12-5-3-4-9-22(12)24/h1-7,24H,8-11H2,(H,20,21). The Balaban J connectivity index is 1.67. The Labute approximate surface area is 142 Å². The summed E-state index contributed by atoms with van der Waals surface area (Å²) in [4.78, 5) is 9.73. The maximum Gasteiger partial charge on any atom is 0.418 e. The summed E-state index contributed by atoms with van der Waals surface area (Å²) in [5.74, 6) is 0.202. The molecule has 2 N–H and O–H groups in total. The zero-order valence-electron chi connectivity index (χ0n) is 13.2. The van der Waals surface area contributed by atoms with Gasteiger partial charge in [-0.3, -0.25) is 15.1 Å². The Bertz CT molecular complexity index is 716. The SMILES string of the molecule is ON1CC=CC=C1CON1CCN=C1Nc1ccccc1C(F)(F)F. The molecule has 2 heterocycles. The number of rotatable bonds is 4. The zero-order chi connectivity index (χ0) is 17.9. The van der Waals surface area contributed by atoms with Crippen molar-refractivity contribution in [2.45, 2.75) is 6.18 Å². The van der Waals surface area contributed by atoms with Gasteiger partial charge in [-0.15, -0.1) is 0 Å². The lowest BCUT2D eigenvalue weighted by Gasteiger charge is -2.25. The number of hydrogen-bond acceptors (Lipinski definition) is 6. The Hall–Kier alpha value is -2.52. The molecule has 0 atom stereocenters. The van der Waals surface area contributed by atoms with Crippen LogP contribution in [0.4, 0.5) is 18.9 Å². The van der Waals surface area contributed by atoms with Crippen LogP contribution in [0.15, 0.2) is 53.2 Å². The molecule has 0 aliphatic carbocycles. The summed E-state index contributed by atoms with van der Waals surface area (Å²) in [6.45, 7) is 1.24. The number of nitrogens with one attached hydrogen (secondary N) is 1. The van der Waals surface area contributed by atoms with Crippen molar-refractivity contribution in [3.8, 4) is 0 Å². The van der Waals surface area contributed by atoms with E-state index in [1.54, 1.807) is 18.2 Å². The minimum atomic E-state index is -4.47. The first-order chi connectivity index (χ1) is 11.9. The molecule has 1 aromatic rings. The van der Waals surface area contributed by atoms with Crippen LogP contribution in [0.3, 0.4) is 0 Å². The van der Waals surface area contributed by atoms with Crippen LogP contribution in [-0.4, -0.2) is 47.5 Å². The highest BCUT2D eigenvalue weighted by atomic mass is 19.4. The molecule has 0 saturated carbocycles. The van der Waals surface area contributed by atoms with Gasteiger partial charge in [-0.2, -0.15) is 13.2 Å². The van der Waals surface area contributed by atoms with Gasteiger partial charge in [0.15, 0.2) is 0 Å². The minimum Gasteiger partial charge on any atom is -0.324 e. The summed E-state index contributed by atoms with van der Waals surface area (Å²) in [6.07, 6.45) is 0.804. The molecule has 0 spiro atoms. The van der Waals surface area contributed by atoms with E-state index in [-0.39, 0.29) is 18.3 Å². The third-order valence-corrected chi connectivity index (χ3v) is 3.68. The minimum absolute atomic E-state index is 0.0719. The fraction of sp³-hybridized carbons (Fsp3) is 0.312. The molecule has 6 nitrogen and oxygen atoms in total. The second kappa shape index (κ2) is 7.16. The molecule has 0 saturated heterocycles. The molecular weight excluding hydrogens is 337 g/mol. The van der Waals surface area contributed by atoms with E-state index in [4.69, 9.17) is 4.84 Å². The summed E-state index contributed by atoms with van der Waals surface area (Å²) in [6, 6.07) is 5.19. The number of benzene rings is 1. The van der Waals surface area contributed by atoms with Gasteiger partial charge in [-0.25, -0.2) is 10.1 Å².